The number of hydrogen-bond acceptors (Lipinski definition) is 5. The Kier molecular flexibility index (Phi) is 6.35. The summed E-state index contributed by atoms with van der Waals surface area (Å²) in [6.45, 7) is 11.4. The average Bonchev–Trinajstić information content (AvgIpc) is 2.99. The Morgan fingerprint density at radius 3 is 2.05 bits per heavy atom. The van der Waals surface area contributed by atoms with Crippen LogP contribution in [0.15, 0.2) is 0 Å². The molecule has 0 bridgehead atoms. The van der Waals surface area contributed by atoms with Crippen molar-refractivity contribution >= 4 is 11.8 Å². The second kappa shape index (κ2) is 8.04. The van der Waals surface area contributed by atoms with Crippen molar-refractivity contribution in [3.8, 4) is 0 Å². The molecule has 2 aliphatic rings. The van der Waals surface area contributed by atoms with Gasteiger partial charge in [-0.1, -0.05) is 20.8 Å². The summed E-state index contributed by atoms with van der Waals surface area (Å²) in [4.78, 5) is 27.9. The predicted octanol–water partition coefficient (Wildman–Crippen LogP) is 0.0433. The minimum Gasteiger partial charge on any atom is -0.311 e. The zero-order valence-corrected chi connectivity index (χ0v) is 14.1. The lowest BCUT2D eigenvalue weighted by Gasteiger charge is -2.20. The Morgan fingerprint density at radius 1 is 1.00 bits per heavy atom. The van der Waals surface area contributed by atoms with E-state index in [1.165, 1.54) is 4.90 Å². The van der Waals surface area contributed by atoms with E-state index in [9.17, 15) is 9.59 Å². The van der Waals surface area contributed by atoms with Gasteiger partial charge in [0.2, 0.25) is 11.8 Å². The maximum absolute atomic E-state index is 12.1. The lowest BCUT2D eigenvalue weighted by molar-refractivity contribution is -0.139. The number of likely N-dealkylation sites (tertiary alicyclic amines) is 2. The fourth-order valence-electron chi connectivity index (χ4n) is 3.55. The second-order valence-electron chi connectivity index (χ2n) is 6.28. The highest BCUT2D eigenvalue weighted by molar-refractivity contribution is 6.03. The van der Waals surface area contributed by atoms with E-state index < -0.39 is 0 Å². The molecule has 0 spiro atoms. The number of hydrogen-bond donors (Lipinski definition) is 2. The summed E-state index contributed by atoms with van der Waals surface area (Å²) >= 11 is 0. The van der Waals surface area contributed by atoms with Crippen molar-refractivity contribution in [1.82, 2.24) is 20.4 Å². The second-order valence-corrected chi connectivity index (χ2v) is 6.28. The molecule has 0 saturated carbocycles. The molecule has 2 rings (SSSR count). The molecule has 2 fully saturated rings. The number of rotatable bonds is 8. The number of carbonyl (C=O) groups excluding carboxylic acids is 2. The first-order chi connectivity index (χ1) is 10.6. The van der Waals surface area contributed by atoms with Gasteiger partial charge in [-0.25, -0.2) is 0 Å². The minimum atomic E-state index is -0.0879. The van der Waals surface area contributed by atoms with E-state index in [2.05, 4.69) is 29.4 Å². The first-order valence-electron chi connectivity index (χ1n) is 8.63. The summed E-state index contributed by atoms with van der Waals surface area (Å²) in [6.07, 6.45) is 1.16. The zero-order valence-electron chi connectivity index (χ0n) is 14.1. The Labute approximate surface area is 133 Å². The van der Waals surface area contributed by atoms with Gasteiger partial charge < -0.3 is 10.6 Å². The van der Waals surface area contributed by atoms with Crippen LogP contribution < -0.4 is 10.6 Å². The van der Waals surface area contributed by atoms with Crippen LogP contribution in [0.1, 0.15) is 33.6 Å². The van der Waals surface area contributed by atoms with Gasteiger partial charge in [-0.2, -0.15) is 0 Å². The summed E-state index contributed by atoms with van der Waals surface area (Å²) in [5, 5.41) is 7.04. The summed E-state index contributed by atoms with van der Waals surface area (Å²) in [7, 11) is 0. The molecule has 0 aromatic heterocycles. The van der Waals surface area contributed by atoms with E-state index in [1.807, 2.05) is 6.92 Å². The van der Waals surface area contributed by atoms with Crippen LogP contribution in [-0.2, 0) is 9.59 Å². The predicted molar refractivity (Wildman–Crippen MR) is 86.5 cm³/mol. The normalized spacial score (nSPS) is 29.8. The fourth-order valence-corrected chi connectivity index (χ4v) is 3.55. The van der Waals surface area contributed by atoms with E-state index in [-0.39, 0.29) is 17.7 Å². The van der Waals surface area contributed by atoms with Crippen LogP contribution in [0.5, 0.6) is 0 Å². The largest absolute Gasteiger partial charge is 0.311 e. The van der Waals surface area contributed by atoms with Gasteiger partial charge in [0.25, 0.3) is 0 Å². The standard InChI is InChI=1S/C16H30N4O2/c1-4-12-9-15(21)20(16(12)22)8-7-19-10-13(17-5-2)14(11-19)18-6-3/h12-14,17-18H,4-11H2,1-3H3. The molecule has 2 aliphatic heterocycles. The zero-order chi connectivity index (χ0) is 16.1. The third-order valence-corrected chi connectivity index (χ3v) is 4.80. The molecule has 126 valence electrons. The number of carbonyl (C=O) groups is 2. The lowest BCUT2D eigenvalue weighted by Crippen LogP contribution is -2.46. The van der Waals surface area contributed by atoms with Gasteiger partial charge >= 0.3 is 0 Å². The average molecular weight is 310 g/mol. The molecular weight excluding hydrogens is 280 g/mol. The van der Waals surface area contributed by atoms with Crippen molar-refractivity contribution < 1.29 is 9.59 Å². The minimum absolute atomic E-state index is 0.00233. The summed E-state index contributed by atoms with van der Waals surface area (Å²) < 4.78 is 0. The Morgan fingerprint density at radius 2 is 1.59 bits per heavy atom. The lowest BCUT2D eigenvalue weighted by atomic mass is 10.1. The summed E-state index contributed by atoms with van der Waals surface area (Å²) in [5.74, 6) is -0.0595. The van der Waals surface area contributed by atoms with Crippen molar-refractivity contribution in [2.45, 2.75) is 45.7 Å². The maximum atomic E-state index is 12.1. The Balaban J connectivity index is 1.84. The topological polar surface area (TPSA) is 64.7 Å². The van der Waals surface area contributed by atoms with E-state index >= 15 is 0 Å². The van der Waals surface area contributed by atoms with Crippen LogP contribution in [0.3, 0.4) is 0 Å². The van der Waals surface area contributed by atoms with Gasteiger partial charge in [0.1, 0.15) is 0 Å². The number of likely N-dealkylation sites (N-methyl/N-ethyl adjacent to an activating group) is 2. The van der Waals surface area contributed by atoms with Crippen LogP contribution in [0.4, 0.5) is 0 Å². The highest BCUT2D eigenvalue weighted by atomic mass is 16.2. The van der Waals surface area contributed by atoms with Crippen molar-refractivity contribution in [2.75, 3.05) is 39.3 Å². The van der Waals surface area contributed by atoms with Crippen LogP contribution >= 0.6 is 0 Å². The Hall–Kier alpha value is -0.980. The highest BCUT2D eigenvalue weighted by Gasteiger charge is 2.38. The van der Waals surface area contributed by atoms with Gasteiger partial charge in [-0.15, -0.1) is 0 Å². The molecule has 2 heterocycles. The third kappa shape index (κ3) is 3.86. The smallest absolute Gasteiger partial charge is 0.232 e. The van der Waals surface area contributed by atoms with Crippen molar-refractivity contribution in [3.05, 3.63) is 0 Å². The Bertz CT molecular complexity index is 388. The van der Waals surface area contributed by atoms with E-state index in [0.29, 0.717) is 25.0 Å². The van der Waals surface area contributed by atoms with Gasteiger partial charge in [-0.3, -0.25) is 19.4 Å². The van der Waals surface area contributed by atoms with Crippen LogP contribution in [0.25, 0.3) is 0 Å². The number of nitrogens with one attached hydrogen (secondary N) is 2. The fraction of sp³-hybridized carbons (Fsp3) is 0.875. The SMILES string of the molecule is CCNC1CN(CCN2C(=O)CC(CC)C2=O)CC1NCC. The third-order valence-electron chi connectivity index (χ3n) is 4.80. The summed E-state index contributed by atoms with van der Waals surface area (Å²) in [6, 6.07) is 0.886. The van der Waals surface area contributed by atoms with Gasteiger partial charge in [0, 0.05) is 50.6 Å². The molecule has 0 aromatic carbocycles. The molecule has 3 unspecified atom stereocenters. The van der Waals surface area contributed by atoms with Crippen molar-refractivity contribution in [3.63, 3.8) is 0 Å². The molecular formula is C16H30N4O2. The molecule has 0 radical (unpaired) electrons. The molecule has 6 heteroatoms. The van der Waals surface area contributed by atoms with E-state index in [1.54, 1.807) is 0 Å². The molecule has 2 N–H and O–H groups in total. The van der Waals surface area contributed by atoms with Crippen molar-refractivity contribution in [2.24, 2.45) is 5.92 Å². The molecule has 2 amide bonds. The maximum Gasteiger partial charge on any atom is 0.232 e. The molecule has 6 nitrogen and oxygen atoms in total. The van der Waals surface area contributed by atoms with E-state index in [0.717, 1.165) is 39.1 Å². The number of nitrogens with zero attached hydrogens (tertiary/aromatic N) is 2. The molecule has 0 aromatic rings. The first kappa shape index (κ1) is 17.4. The van der Waals surface area contributed by atoms with Gasteiger partial charge in [0.05, 0.1) is 0 Å². The van der Waals surface area contributed by atoms with Crippen LogP contribution in [0, 0.1) is 5.92 Å². The number of amides is 2. The highest BCUT2D eigenvalue weighted by Crippen LogP contribution is 2.22. The van der Waals surface area contributed by atoms with E-state index in [4.69, 9.17) is 0 Å². The molecule has 2 saturated heterocycles. The quantitative estimate of drug-likeness (QED) is 0.620. The monoisotopic (exact) mass is 310 g/mol. The van der Waals surface area contributed by atoms with Gasteiger partial charge in [0.15, 0.2) is 0 Å². The van der Waals surface area contributed by atoms with Crippen LogP contribution in [0.2, 0.25) is 0 Å². The molecule has 0 aliphatic carbocycles. The molecule has 3 atom stereocenters. The number of imide groups is 1. The van der Waals surface area contributed by atoms with Crippen molar-refractivity contribution in [1.29, 1.82) is 0 Å². The summed E-state index contributed by atoms with van der Waals surface area (Å²) in [5.41, 5.74) is 0. The van der Waals surface area contributed by atoms with Crippen LogP contribution in [-0.4, -0.2) is 73.0 Å². The molecule has 22 heavy (non-hydrogen) atoms. The van der Waals surface area contributed by atoms with Gasteiger partial charge in [-0.05, 0) is 19.5 Å². The first-order valence-corrected chi connectivity index (χ1v) is 8.63.